The van der Waals surface area contributed by atoms with Crippen molar-refractivity contribution in [1.82, 2.24) is 24.6 Å². The molecule has 0 aromatic carbocycles. The summed E-state index contributed by atoms with van der Waals surface area (Å²) in [7, 11) is 1.95. The van der Waals surface area contributed by atoms with Crippen LogP contribution in [-0.2, 0) is 7.05 Å². The zero-order valence-electron chi connectivity index (χ0n) is 14.2. The number of amides is 1. The maximum atomic E-state index is 12.4. The number of aromatic amines is 1. The van der Waals surface area contributed by atoms with Gasteiger partial charge >= 0.3 is 0 Å². The molecule has 0 unspecified atom stereocenters. The molecule has 2 aromatic heterocycles. The largest absolute Gasteiger partial charge is 0.356 e. The molecule has 0 radical (unpaired) electrons. The molecule has 132 valence electrons. The van der Waals surface area contributed by atoms with Gasteiger partial charge in [0.2, 0.25) is 0 Å². The minimum Gasteiger partial charge on any atom is -0.356 e. The van der Waals surface area contributed by atoms with Crippen molar-refractivity contribution in [1.29, 1.82) is 0 Å². The molecule has 1 saturated heterocycles. The molecule has 1 amide bonds. The zero-order chi connectivity index (χ0) is 17.4. The lowest BCUT2D eigenvalue weighted by Gasteiger charge is -2.13. The van der Waals surface area contributed by atoms with E-state index in [1.54, 1.807) is 12.3 Å². The first kappa shape index (κ1) is 16.4. The van der Waals surface area contributed by atoms with E-state index in [9.17, 15) is 9.59 Å². The van der Waals surface area contributed by atoms with E-state index < -0.39 is 0 Å². The number of H-pyrrole nitrogens is 1. The molecule has 1 saturated carbocycles. The maximum Gasteiger partial charge on any atom is 0.270 e. The number of hydrogen-bond donors (Lipinski definition) is 1. The smallest absolute Gasteiger partial charge is 0.270 e. The van der Waals surface area contributed by atoms with Crippen molar-refractivity contribution in [3.8, 4) is 0 Å². The highest BCUT2D eigenvalue weighted by Crippen LogP contribution is 2.39. The van der Waals surface area contributed by atoms with E-state index in [1.807, 2.05) is 16.5 Å². The normalized spacial score (nSPS) is 17.2. The number of carbonyl (C=O) groups excluding carboxylic acids is 2. The minimum atomic E-state index is -0.0217. The molecule has 25 heavy (non-hydrogen) atoms. The number of thioether (sulfide) groups is 1. The van der Waals surface area contributed by atoms with E-state index in [-0.39, 0.29) is 17.4 Å². The van der Waals surface area contributed by atoms with Gasteiger partial charge in [-0.2, -0.15) is 0 Å². The van der Waals surface area contributed by atoms with Crippen molar-refractivity contribution in [2.45, 2.75) is 36.8 Å². The Morgan fingerprint density at radius 1 is 1.28 bits per heavy atom. The summed E-state index contributed by atoms with van der Waals surface area (Å²) < 4.78 is 1.98. The van der Waals surface area contributed by atoms with Crippen LogP contribution in [0.15, 0.2) is 17.4 Å². The Kier molecular flexibility index (Phi) is 4.37. The molecule has 0 spiro atoms. The van der Waals surface area contributed by atoms with Crippen LogP contribution in [0.3, 0.4) is 0 Å². The quantitative estimate of drug-likeness (QED) is 0.632. The van der Waals surface area contributed by atoms with Crippen LogP contribution < -0.4 is 0 Å². The van der Waals surface area contributed by atoms with Gasteiger partial charge in [0, 0.05) is 37.8 Å². The second-order valence-corrected chi connectivity index (χ2v) is 7.63. The van der Waals surface area contributed by atoms with Crippen LogP contribution in [0.25, 0.3) is 0 Å². The van der Waals surface area contributed by atoms with Crippen LogP contribution in [0.1, 0.15) is 58.3 Å². The lowest BCUT2D eigenvalue weighted by Crippen LogP contribution is -2.27. The Morgan fingerprint density at radius 2 is 2.04 bits per heavy atom. The number of likely N-dealkylation sites (tertiary alicyclic amines) is 1. The SMILES string of the molecule is Cn1c(SCC(=O)c2c[nH]c(C(=O)N3CCCC3)c2)nnc1C1CC1. The second-order valence-electron chi connectivity index (χ2n) is 6.69. The molecular formula is C17H21N5O2S. The molecule has 2 fully saturated rings. The fourth-order valence-corrected chi connectivity index (χ4v) is 3.94. The second kappa shape index (κ2) is 6.67. The number of hydrogen-bond acceptors (Lipinski definition) is 5. The van der Waals surface area contributed by atoms with Crippen molar-refractivity contribution in [3.63, 3.8) is 0 Å². The average molecular weight is 359 g/mol. The van der Waals surface area contributed by atoms with Gasteiger partial charge in [-0.05, 0) is 31.7 Å². The molecule has 8 heteroatoms. The van der Waals surface area contributed by atoms with Gasteiger partial charge in [-0.15, -0.1) is 10.2 Å². The molecule has 2 aliphatic rings. The van der Waals surface area contributed by atoms with Gasteiger partial charge in [-0.25, -0.2) is 0 Å². The number of Topliss-reactive ketones (excluding diaryl/α,β-unsaturated/α-hetero) is 1. The van der Waals surface area contributed by atoms with E-state index in [0.29, 0.717) is 17.2 Å². The van der Waals surface area contributed by atoms with Crippen molar-refractivity contribution in [2.75, 3.05) is 18.8 Å². The van der Waals surface area contributed by atoms with E-state index >= 15 is 0 Å². The molecule has 3 heterocycles. The molecule has 2 aromatic rings. The first-order chi connectivity index (χ1) is 12.1. The summed E-state index contributed by atoms with van der Waals surface area (Å²) >= 11 is 1.39. The first-order valence-electron chi connectivity index (χ1n) is 8.66. The van der Waals surface area contributed by atoms with Gasteiger partial charge in [-0.1, -0.05) is 11.8 Å². The highest BCUT2D eigenvalue weighted by Gasteiger charge is 2.29. The van der Waals surface area contributed by atoms with Crippen LogP contribution in [0.4, 0.5) is 0 Å². The van der Waals surface area contributed by atoms with Gasteiger partial charge in [0.15, 0.2) is 10.9 Å². The van der Waals surface area contributed by atoms with Crippen LogP contribution >= 0.6 is 11.8 Å². The summed E-state index contributed by atoms with van der Waals surface area (Å²) in [5, 5.41) is 9.17. The van der Waals surface area contributed by atoms with E-state index in [0.717, 1.165) is 36.9 Å². The third-order valence-corrected chi connectivity index (χ3v) is 5.79. The average Bonchev–Trinajstić information content (AvgIpc) is 3.06. The lowest BCUT2D eigenvalue weighted by atomic mass is 10.2. The summed E-state index contributed by atoms with van der Waals surface area (Å²) in [5.74, 6) is 1.79. The van der Waals surface area contributed by atoms with Gasteiger partial charge in [0.25, 0.3) is 5.91 Å². The Bertz CT molecular complexity index is 802. The Labute approximate surface area is 150 Å². The lowest BCUT2D eigenvalue weighted by molar-refractivity contribution is 0.0787. The number of rotatable bonds is 6. The predicted molar refractivity (Wildman–Crippen MR) is 94.0 cm³/mol. The van der Waals surface area contributed by atoms with Crippen LogP contribution in [-0.4, -0.2) is 55.2 Å². The Hall–Kier alpha value is -2.09. The molecule has 1 aliphatic heterocycles. The summed E-state index contributed by atoms with van der Waals surface area (Å²) in [6.45, 7) is 1.60. The van der Waals surface area contributed by atoms with Gasteiger partial charge in [0.1, 0.15) is 11.5 Å². The Balaban J connectivity index is 1.37. The van der Waals surface area contributed by atoms with Gasteiger partial charge < -0.3 is 14.5 Å². The molecule has 0 bridgehead atoms. The van der Waals surface area contributed by atoms with Crippen LogP contribution in [0.2, 0.25) is 0 Å². The highest BCUT2D eigenvalue weighted by atomic mass is 32.2. The Morgan fingerprint density at radius 3 is 2.76 bits per heavy atom. The number of nitrogens with zero attached hydrogens (tertiary/aromatic N) is 4. The van der Waals surface area contributed by atoms with E-state index in [1.165, 1.54) is 24.6 Å². The van der Waals surface area contributed by atoms with Crippen molar-refractivity contribution in [3.05, 3.63) is 29.3 Å². The van der Waals surface area contributed by atoms with Crippen molar-refractivity contribution in [2.24, 2.45) is 7.05 Å². The molecule has 4 rings (SSSR count). The molecular weight excluding hydrogens is 338 g/mol. The van der Waals surface area contributed by atoms with Gasteiger partial charge in [-0.3, -0.25) is 9.59 Å². The fraction of sp³-hybridized carbons (Fsp3) is 0.529. The number of nitrogens with one attached hydrogen (secondary N) is 1. The number of carbonyl (C=O) groups is 2. The van der Waals surface area contributed by atoms with Gasteiger partial charge in [0.05, 0.1) is 5.75 Å². The summed E-state index contributed by atoms with van der Waals surface area (Å²) in [5.41, 5.74) is 1.03. The van der Waals surface area contributed by atoms with E-state index in [4.69, 9.17) is 0 Å². The van der Waals surface area contributed by atoms with Crippen molar-refractivity contribution < 1.29 is 9.59 Å². The third-order valence-electron chi connectivity index (χ3n) is 4.77. The highest BCUT2D eigenvalue weighted by molar-refractivity contribution is 7.99. The standard InChI is InChI=1S/C17H21N5O2S/c1-21-15(11-4-5-11)19-20-17(21)25-10-14(23)12-8-13(18-9-12)16(24)22-6-2-3-7-22/h8-9,11,18H,2-7,10H2,1H3. The summed E-state index contributed by atoms with van der Waals surface area (Å²) in [6.07, 6.45) is 6.07. The topological polar surface area (TPSA) is 83.9 Å². The number of ketones is 1. The molecule has 1 aliphatic carbocycles. The third kappa shape index (κ3) is 3.35. The fourth-order valence-electron chi connectivity index (χ4n) is 3.13. The minimum absolute atomic E-state index is 0.0160. The van der Waals surface area contributed by atoms with Crippen molar-refractivity contribution >= 4 is 23.5 Å². The predicted octanol–water partition coefficient (Wildman–Crippen LogP) is 2.23. The van der Waals surface area contributed by atoms with Crippen LogP contribution in [0.5, 0.6) is 0 Å². The number of aromatic nitrogens is 4. The van der Waals surface area contributed by atoms with E-state index in [2.05, 4.69) is 15.2 Å². The zero-order valence-corrected chi connectivity index (χ0v) is 15.0. The first-order valence-corrected chi connectivity index (χ1v) is 9.65. The molecule has 7 nitrogen and oxygen atoms in total. The molecule has 0 atom stereocenters. The molecule has 1 N–H and O–H groups in total. The summed E-state index contributed by atoms with van der Waals surface area (Å²) in [4.78, 5) is 29.5. The summed E-state index contributed by atoms with van der Waals surface area (Å²) in [6, 6.07) is 1.66. The van der Waals surface area contributed by atoms with Crippen LogP contribution in [0, 0.1) is 0 Å². The maximum absolute atomic E-state index is 12.4. The monoisotopic (exact) mass is 359 g/mol.